The number of hydrogen-bond acceptors (Lipinski definition) is 2. The summed E-state index contributed by atoms with van der Waals surface area (Å²) in [6.07, 6.45) is 1.53. The summed E-state index contributed by atoms with van der Waals surface area (Å²) in [7, 11) is 0. The molecule has 3 heteroatoms. The first-order valence-corrected chi connectivity index (χ1v) is 6.79. The number of hydrogen-bond donors (Lipinski definition) is 0. The first kappa shape index (κ1) is 14.2. The summed E-state index contributed by atoms with van der Waals surface area (Å²) in [6.45, 7) is 6.82. The van der Waals surface area contributed by atoms with Gasteiger partial charge in [0.25, 0.3) is 0 Å². The SMILES string of the molecule is CCOc1ccc(C(=O)CCC(C)C)c(Br)c1. The molecule has 0 radical (unpaired) electrons. The van der Waals surface area contributed by atoms with Gasteiger partial charge in [0, 0.05) is 16.5 Å². The lowest BCUT2D eigenvalue weighted by molar-refractivity contribution is 0.0974. The smallest absolute Gasteiger partial charge is 0.164 e. The van der Waals surface area contributed by atoms with Gasteiger partial charge in [-0.15, -0.1) is 0 Å². The van der Waals surface area contributed by atoms with Gasteiger partial charge in [-0.05, 0) is 53.4 Å². The Morgan fingerprint density at radius 1 is 1.41 bits per heavy atom. The van der Waals surface area contributed by atoms with Gasteiger partial charge in [-0.25, -0.2) is 0 Å². The van der Waals surface area contributed by atoms with E-state index in [4.69, 9.17) is 4.74 Å². The molecule has 1 rings (SSSR count). The monoisotopic (exact) mass is 298 g/mol. The Labute approximate surface area is 111 Å². The Hall–Kier alpha value is -0.830. The van der Waals surface area contributed by atoms with Gasteiger partial charge >= 0.3 is 0 Å². The standard InChI is InChI=1S/C14H19BrO2/c1-4-17-11-6-7-12(13(15)9-11)14(16)8-5-10(2)3/h6-7,9-10H,4-5,8H2,1-3H3. The Bertz CT molecular complexity index is 386. The molecule has 0 N–H and O–H groups in total. The third-order valence-electron chi connectivity index (χ3n) is 2.50. The molecule has 0 aromatic heterocycles. The molecule has 1 aromatic rings. The topological polar surface area (TPSA) is 26.3 Å². The quantitative estimate of drug-likeness (QED) is 0.725. The van der Waals surface area contributed by atoms with Crippen molar-refractivity contribution in [1.29, 1.82) is 0 Å². The second-order valence-corrected chi connectivity index (χ2v) is 5.28. The van der Waals surface area contributed by atoms with E-state index in [9.17, 15) is 4.79 Å². The zero-order valence-electron chi connectivity index (χ0n) is 10.6. The predicted octanol–water partition coefficient (Wildman–Crippen LogP) is 4.47. The maximum absolute atomic E-state index is 12.0. The predicted molar refractivity (Wildman–Crippen MR) is 73.7 cm³/mol. The Kier molecular flexibility index (Phi) is 5.69. The molecule has 2 nitrogen and oxygen atoms in total. The van der Waals surface area contributed by atoms with Crippen LogP contribution in [0.1, 0.15) is 44.0 Å². The minimum absolute atomic E-state index is 0.189. The number of ether oxygens (including phenoxy) is 1. The summed E-state index contributed by atoms with van der Waals surface area (Å²) in [5, 5.41) is 0. The van der Waals surface area contributed by atoms with Crippen LogP contribution in [0.25, 0.3) is 0 Å². The zero-order chi connectivity index (χ0) is 12.8. The van der Waals surface area contributed by atoms with Gasteiger partial charge in [0.15, 0.2) is 5.78 Å². The fourth-order valence-corrected chi connectivity index (χ4v) is 2.11. The molecule has 0 amide bonds. The number of halogens is 1. The molecule has 0 saturated carbocycles. The van der Waals surface area contributed by atoms with E-state index in [-0.39, 0.29) is 5.78 Å². The normalized spacial score (nSPS) is 10.6. The van der Waals surface area contributed by atoms with E-state index in [2.05, 4.69) is 29.8 Å². The molecule has 0 atom stereocenters. The van der Waals surface area contributed by atoms with Crippen LogP contribution in [0.2, 0.25) is 0 Å². The summed E-state index contributed by atoms with van der Waals surface area (Å²) in [4.78, 5) is 12.0. The highest BCUT2D eigenvalue weighted by Crippen LogP contribution is 2.25. The number of rotatable bonds is 6. The second-order valence-electron chi connectivity index (χ2n) is 4.43. The number of carbonyl (C=O) groups excluding carboxylic acids is 1. The van der Waals surface area contributed by atoms with Gasteiger partial charge in [-0.2, -0.15) is 0 Å². The van der Waals surface area contributed by atoms with E-state index in [1.165, 1.54) is 0 Å². The average molecular weight is 299 g/mol. The zero-order valence-corrected chi connectivity index (χ0v) is 12.2. The maximum Gasteiger partial charge on any atom is 0.164 e. The summed E-state index contributed by atoms with van der Waals surface area (Å²) >= 11 is 3.42. The number of carbonyl (C=O) groups is 1. The van der Waals surface area contributed by atoms with Gasteiger partial charge in [-0.1, -0.05) is 13.8 Å². The van der Waals surface area contributed by atoms with Gasteiger partial charge in [0.2, 0.25) is 0 Å². The third-order valence-corrected chi connectivity index (χ3v) is 3.16. The van der Waals surface area contributed by atoms with Crippen molar-refractivity contribution in [3.8, 4) is 5.75 Å². The molecule has 0 aliphatic heterocycles. The van der Waals surface area contributed by atoms with E-state index < -0.39 is 0 Å². The van der Waals surface area contributed by atoms with Crippen LogP contribution < -0.4 is 4.74 Å². The lowest BCUT2D eigenvalue weighted by Gasteiger charge is -2.08. The van der Waals surface area contributed by atoms with Crippen LogP contribution in [0.4, 0.5) is 0 Å². The van der Waals surface area contributed by atoms with Crippen LogP contribution in [0.3, 0.4) is 0 Å². The van der Waals surface area contributed by atoms with Crippen LogP contribution in [0, 0.1) is 5.92 Å². The first-order chi connectivity index (χ1) is 8.04. The number of Topliss-reactive ketones (excluding diaryl/α,β-unsaturated/α-hetero) is 1. The van der Waals surface area contributed by atoms with Gasteiger partial charge in [0.1, 0.15) is 5.75 Å². The van der Waals surface area contributed by atoms with E-state index in [1.807, 2.05) is 25.1 Å². The molecule has 0 heterocycles. The molecule has 0 bridgehead atoms. The summed E-state index contributed by atoms with van der Waals surface area (Å²) in [6, 6.07) is 5.53. The van der Waals surface area contributed by atoms with Crippen molar-refractivity contribution in [2.75, 3.05) is 6.61 Å². The lowest BCUT2D eigenvalue weighted by Crippen LogP contribution is -2.03. The lowest BCUT2D eigenvalue weighted by atomic mass is 10.0. The molecule has 0 saturated heterocycles. The highest BCUT2D eigenvalue weighted by molar-refractivity contribution is 9.10. The Morgan fingerprint density at radius 2 is 2.12 bits per heavy atom. The Morgan fingerprint density at radius 3 is 2.65 bits per heavy atom. The summed E-state index contributed by atoms with van der Waals surface area (Å²) < 4.78 is 6.20. The van der Waals surface area contributed by atoms with Crippen LogP contribution in [0.15, 0.2) is 22.7 Å². The molecule has 94 valence electrons. The highest BCUT2D eigenvalue weighted by Gasteiger charge is 2.11. The fourth-order valence-electron chi connectivity index (χ4n) is 1.53. The molecule has 0 fully saturated rings. The van der Waals surface area contributed by atoms with Crippen molar-refractivity contribution in [2.24, 2.45) is 5.92 Å². The van der Waals surface area contributed by atoms with Crippen LogP contribution >= 0.6 is 15.9 Å². The second kappa shape index (κ2) is 6.80. The van der Waals surface area contributed by atoms with E-state index >= 15 is 0 Å². The van der Waals surface area contributed by atoms with Crippen LogP contribution in [-0.4, -0.2) is 12.4 Å². The fraction of sp³-hybridized carbons (Fsp3) is 0.500. The molecule has 0 unspecified atom stereocenters. The first-order valence-electron chi connectivity index (χ1n) is 6.00. The minimum Gasteiger partial charge on any atom is -0.494 e. The van der Waals surface area contributed by atoms with Crippen LogP contribution in [0.5, 0.6) is 5.75 Å². The van der Waals surface area contributed by atoms with Gasteiger partial charge in [0.05, 0.1) is 6.61 Å². The average Bonchev–Trinajstić information content (AvgIpc) is 2.26. The van der Waals surface area contributed by atoms with Gasteiger partial charge < -0.3 is 4.74 Å². The van der Waals surface area contributed by atoms with Crippen LogP contribution in [-0.2, 0) is 0 Å². The van der Waals surface area contributed by atoms with E-state index in [1.54, 1.807) is 0 Å². The largest absolute Gasteiger partial charge is 0.494 e. The third kappa shape index (κ3) is 4.50. The molecule has 0 aliphatic rings. The van der Waals surface area contributed by atoms with Crippen molar-refractivity contribution in [1.82, 2.24) is 0 Å². The highest BCUT2D eigenvalue weighted by atomic mass is 79.9. The molecule has 17 heavy (non-hydrogen) atoms. The van der Waals surface area contributed by atoms with Gasteiger partial charge in [-0.3, -0.25) is 4.79 Å². The minimum atomic E-state index is 0.189. The van der Waals surface area contributed by atoms with Crippen molar-refractivity contribution in [3.05, 3.63) is 28.2 Å². The number of benzene rings is 1. The Balaban J connectivity index is 2.74. The number of ketones is 1. The molecular formula is C14H19BrO2. The van der Waals surface area contributed by atoms with Crippen molar-refractivity contribution < 1.29 is 9.53 Å². The maximum atomic E-state index is 12.0. The van der Waals surface area contributed by atoms with Crippen molar-refractivity contribution in [2.45, 2.75) is 33.6 Å². The molecule has 1 aromatic carbocycles. The van der Waals surface area contributed by atoms with Crippen molar-refractivity contribution in [3.63, 3.8) is 0 Å². The molecule has 0 aliphatic carbocycles. The summed E-state index contributed by atoms with van der Waals surface area (Å²) in [5.41, 5.74) is 0.745. The summed E-state index contributed by atoms with van der Waals surface area (Å²) in [5.74, 6) is 1.54. The molecule has 0 spiro atoms. The van der Waals surface area contributed by atoms with Crippen molar-refractivity contribution >= 4 is 21.7 Å². The molecular weight excluding hydrogens is 280 g/mol. The van der Waals surface area contributed by atoms with E-state index in [0.29, 0.717) is 18.9 Å². The van der Waals surface area contributed by atoms with E-state index in [0.717, 1.165) is 22.2 Å².